The molecule has 5 rings (SSSR count). The number of carbonyl (C=O) groups excluding carboxylic acids is 1. The number of amides is 2. The molecular weight excluding hydrogens is 368 g/mol. The number of rotatable bonds is 4. The number of nitrogens with zero attached hydrogens (tertiary/aromatic N) is 2. The highest BCUT2D eigenvalue weighted by Gasteiger charge is 2.40. The third-order valence-electron chi connectivity index (χ3n) is 6.33. The Balaban J connectivity index is 1.22. The Morgan fingerprint density at radius 3 is 2.66 bits per heavy atom. The first-order valence-electron chi connectivity index (χ1n) is 10.3. The standard InChI is InChI=1S/C22H26N4O3/c23-22(27)25-16-10-17-7-8-18(11-16)26(17)12-14-3-5-15(6-4-14)20-13-28-19-2-1-9-24-21(19)29-20/h1-6,9,16-18,20H,7-8,10-13H2,(H3,23,25,27)/t16-,17+,18-,20?. The SMILES string of the molecule is NC(=O)N[C@H]1C[C@H]2CC[C@@H](C1)N2Cc1ccc(C2COc3cccnc3O2)cc1. The van der Waals surface area contributed by atoms with E-state index in [0.29, 0.717) is 30.3 Å². The number of primary amides is 1. The molecule has 1 aromatic carbocycles. The third-order valence-corrected chi connectivity index (χ3v) is 6.33. The third kappa shape index (κ3) is 3.74. The summed E-state index contributed by atoms with van der Waals surface area (Å²) in [6.45, 7) is 1.42. The minimum Gasteiger partial charge on any atom is -0.484 e. The molecule has 29 heavy (non-hydrogen) atoms. The molecular formula is C22H26N4O3. The fourth-order valence-corrected chi connectivity index (χ4v) is 4.97. The number of carbonyl (C=O) groups is 1. The van der Waals surface area contributed by atoms with Crippen LogP contribution < -0.4 is 20.5 Å². The van der Waals surface area contributed by atoms with E-state index in [2.05, 4.69) is 39.5 Å². The van der Waals surface area contributed by atoms with Gasteiger partial charge in [0.1, 0.15) is 6.61 Å². The zero-order valence-electron chi connectivity index (χ0n) is 16.3. The van der Waals surface area contributed by atoms with Crippen LogP contribution in [0.15, 0.2) is 42.6 Å². The Morgan fingerprint density at radius 2 is 1.93 bits per heavy atom. The number of hydrogen-bond donors (Lipinski definition) is 2. The van der Waals surface area contributed by atoms with Crippen molar-refractivity contribution in [2.45, 2.75) is 56.5 Å². The van der Waals surface area contributed by atoms with Crippen molar-refractivity contribution >= 4 is 6.03 Å². The molecule has 4 heterocycles. The van der Waals surface area contributed by atoms with E-state index in [4.69, 9.17) is 15.2 Å². The Labute approximate surface area is 170 Å². The average molecular weight is 394 g/mol. The molecule has 3 N–H and O–H groups in total. The first kappa shape index (κ1) is 18.2. The largest absolute Gasteiger partial charge is 0.484 e. The number of benzene rings is 1. The first-order chi connectivity index (χ1) is 14.2. The lowest BCUT2D eigenvalue weighted by Crippen LogP contribution is -2.51. The van der Waals surface area contributed by atoms with Crippen molar-refractivity contribution in [3.63, 3.8) is 0 Å². The Morgan fingerprint density at radius 1 is 1.17 bits per heavy atom. The van der Waals surface area contributed by atoms with Crippen LogP contribution >= 0.6 is 0 Å². The number of ether oxygens (including phenoxy) is 2. The molecule has 1 unspecified atom stereocenters. The number of hydrogen-bond acceptors (Lipinski definition) is 5. The fourth-order valence-electron chi connectivity index (χ4n) is 4.97. The van der Waals surface area contributed by atoms with Crippen molar-refractivity contribution in [3.8, 4) is 11.6 Å². The molecule has 0 spiro atoms. The Bertz CT molecular complexity index is 874. The summed E-state index contributed by atoms with van der Waals surface area (Å²) < 4.78 is 11.8. The van der Waals surface area contributed by atoms with Crippen LogP contribution in [0.25, 0.3) is 0 Å². The lowest BCUT2D eigenvalue weighted by Gasteiger charge is -2.39. The number of piperidine rings is 1. The molecule has 152 valence electrons. The maximum Gasteiger partial charge on any atom is 0.312 e. The van der Waals surface area contributed by atoms with Gasteiger partial charge in [-0.3, -0.25) is 4.90 Å². The lowest BCUT2D eigenvalue weighted by molar-refractivity contribution is 0.0850. The maximum absolute atomic E-state index is 11.2. The average Bonchev–Trinajstić information content (AvgIpc) is 2.95. The van der Waals surface area contributed by atoms with E-state index >= 15 is 0 Å². The Hall–Kier alpha value is -2.80. The molecule has 0 saturated carbocycles. The summed E-state index contributed by atoms with van der Waals surface area (Å²) in [7, 11) is 0. The summed E-state index contributed by atoms with van der Waals surface area (Å²) in [5.74, 6) is 1.25. The van der Waals surface area contributed by atoms with Crippen molar-refractivity contribution in [2.75, 3.05) is 6.61 Å². The number of aromatic nitrogens is 1. The van der Waals surface area contributed by atoms with Crippen LogP contribution in [0.4, 0.5) is 4.79 Å². The Kier molecular flexibility index (Phi) is 4.75. The summed E-state index contributed by atoms with van der Waals surface area (Å²) in [6, 6.07) is 13.2. The minimum atomic E-state index is -0.412. The molecule has 1 aromatic heterocycles. The smallest absolute Gasteiger partial charge is 0.312 e. The van der Waals surface area contributed by atoms with Crippen molar-refractivity contribution in [2.24, 2.45) is 5.73 Å². The van der Waals surface area contributed by atoms with Crippen molar-refractivity contribution in [3.05, 3.63) is 53.7 Å². The number of urea groups is 1. The molecule has 0 radical (unpaired) electrons. The van der Waals surface area contributed by atoms with Gasteiger partial charge in [-0.1, -0.05) is 24.3 Å². The van der Waals surface area contributed by atoms with Gasteiger partial charge in [0.25, 0.3) is 5.88 Å². The van der Waals surface area contributed by atoms with Crippen LogP contribution in [0.3, 0.4) is 0 Å². The van der Waals surface area contributed by atoms with Gasteiger partial charge in [0.05, 0.1) is 0 Å². The molecule has 2 amide bonds. The van der Waals surface area contributed by atoms with Crippen molar-refractivity contribution in [1.29, 1.82) is 0 Å². The lowest BCUT2D eigenvalue weighted by atomic mass is 9.96. The predicted octanol–water partition coefficient (Wildman–Crippen LogP) is 2.76. The van der Waals surface area contributed by atoms with Gasteiger partial charge in [-0.15, -0.1) is 0 Å². The normalized spacial score (nSPS) is 28.1. The summed E-state index contributed by atoms with van der Waals surface area (Å²) in [4.78, 5) is 18.0. The van der Waals surface area contributed by atoms with Crippen LogP contribution in [0, 0.1) is 0 Å². The van der Waals surface area contributed by atoms with Gasteiger partial charge in [-0.2, -0.15) is 0 Å². The highest BCUT2D eigenvalue weighted by atomic mass is 16.6. The molecule has 0 aliphatic carbocycles. The van der Waals surface area contributed by atoms with Crippen LogP contribution in [0.2, 0.25) is 0 Å². The molecule has 2 fully saturated rings. The summed E-state index contributed by atoms with van der Waals surface area (Å²) in [5, 5.41) is 2.90. The first-order valence-corrected chi connectivity index (χ1v) is 10.3. The zero-order chi connectivity index (χ0) is 19.8. The van der Waals surface area contributed by atoms with Gasteiger partial charge in [0.15, 0.2) is 11.9 Å². The van der Waals surface area contributed by atoms with Crippen LogP contribution in [0.5, 0.6) is 11.6 Å². The van der Waals surface area contributed by atoms with E-state index in [9.17, 15) is 4.79 Å². The molecule has 2 aromatic rings. The monoisotopic (exact) mass is 394 g/mol. The van der Waals surface area contributed by atoms with Gasteiger partial charge in [0, 0.05) is 30.9 Å². The molecule has 3 aliphatic rings. The molecule has 2 saturated heterocycles. The molecule has 7 nitrogen and oxygen atoms in total. The van der Waals surface area contributed by atoms with E-state index in [1.807, 2.05) is 12.1 Å². The quantitative estimate of drug-likeness (QED) is 0.832. The van der Waals surface area contributed by atoms with E-state index in [1.54, 1.807) is 6.20 Å². The van der Waals surface area contributed by atoms with E-state index in [1.165, 1.54) is 18.4 Å². The second-order valence-electron chi connectivity index (χ2n) is 8.20. The molecule has 3 aliphatic heterocycles. The number of fused-ring (bicyclic) bond motifs is 3. The van der Waals surface area contributed by atoms with Gasteiger partial charge >= 0.3 is 6.03 Å². The fraction of sp³-hybridized carbons (Fsp3) is 0.455. The van der Waals surface area contributed by atoms with E-state index < -0.39 is 6.03 Å². The number of nitrogens with one attached hydrogen (secondary N) is 1. The molecule has 7 heteroatoms. The second-order valence-corrected chi connectivity index (χ2v) is 8.20. The van der Waals surface area contributed by atoms with Crippen molar-refractivity contribution in [1.82, 2.24) is 15.2 Å². The highest BCUT2D eigenvalue weighted by molar-refractivity contribution is 5.72. The summed E-state index contributed by atoms with van der Waals surface area (Å²) in [6.07, 6.45) is 5.93. The van der Waals surface area contributed by atoms with Crippen LogP contribution in [0.1, 0.15) is 42.9 Å². The van der Waals surface area contributed by atoms with E-state index in [0.717, 1.165) is 24.9 Å². The summed E-state index contributed by atoms with van der Waals surface area (Å²) >= 11 is 0. The van der Waals surface area contributed by atoms with Crippen LogP contribution in [-0.4, -0.2) is 40.6 Å². The second kappa shape index (κ2) is 7.55. The minimum absolute atomic E-state index is 0.141. The molecule has 2 bridgehead atoms. The van der Waals surface area contributed by atoms with Gasteiger partial charge in [-0.25, -0.2) is 9.78 Å². The topological polar surface area (TPSA) is 89.7 Å². The maximum atomic E-state index is 11.2. The number of pyridine rings is 1. The number of nitrogens with two attached hydrogens (primary N) is 1. The van der Waals surface area contributed by atoms with Gasteiger partial charge in [-0.05, 0) is 48.9 Å². The zero-order valence-corrected chi connectivity index (χ0v) is 16.3. The highest BCUT2D eigenvalue weighted by Crippen LogP contribution is 2.37. The van der Waals surface area contributed by atoms with Crippen molar-refractivity contribution < 1.29 is 14.3 Å². The summed E-state index contributed by atoms with van der Waals surface area (Å²) in [5.41, 5.74) is 7.70. The predicted molar refractivity (Wildman–Crippen MR) is 108 cm³/mol. The van der Waals surface area contributed by atoms with Gasteiger partial charge < -0.3 is 20.5 Å². The van der Waals surface area contributed by atoms with Gasteiger partial charge in [0.2, 0.25) is 0 Å². The van der Waals surface area contributed by atoms with Crippen LogP contribution in [-0.2, 0) is 6.54 Å². The van der Waals surface area contributed by atoms with E-state index in [-0.39, 0.29) is 12.1 Å². The molecule has 4 atom stereocenters.